The monoisotopic (exact) mass is 324 g/mol. The molecular formula is C19H33FN2O. The number of nitrogens with two attached hydrogens (primary N) is 2. The van der Waals surface area contributed by atoms with Crippen LogP contribution in [0, 0.1) is 5.82 Å². The van der Waals surface area contributed by atoms with Crippen molar-refractivity contribution in [2.75, 3.05) is 7.05 Å². The Hall–Kier alpha value is -1.68. The Morgan fingerprint density at radius 2 is 1.52 bits per heavy atom. The van der Waals surface area contributed by atoms with E-state index in [0.29, 0.717) is 0 Å². The van der Waals surface area contributed by atoms with Gasteiger partial charge in [-0.15, -0.1) is 13.2 Å². The summed E-state index contributed by atoms with van der Waals surface area (Å²) in [4.78, 5) is 10.8. The Morgan fingerprint density at radius 1 is 1.09 bits per heavy atom. The summed E-state index contributed by atoms with van der Waals surface area (Å²) >= 11 is 0. The molecule has 0 aromatic heterocycles. The molecule has 132 valence electrons. The number of halogens is 1. The van der Waals surface area contributed by atoms with Crippen LogP contribution in [0.1, 0.15) is 67.8 Å². The van der Waals surface area contributed by atoms with Crippen molar-refractivity contribution in [3.63, 3.8) is 0 Å². The second-order valence-electron chi connectivity index (χ2n) is 5.05. The minimum absolute atomic E-state index is 0.0223. The van der Waals surface area contributed by atoms with Crippen LogP contribution in [-0.2, 0) is 6.42 Å². The number of carbonyl (C=O) groups is 1. The van der Waals surface area contributed by atoms with Gasteiger partial charge < -0.3 is 11.5 Å². The van der Waals surface area contributed by atoms with Crippen LogP contribution in [0.4, 0.5) is 4.39 Å². The maximum Gasteiger partial charge on any atom is 0.251 e. The summed E-state index contributed by atoms with van der Waals surface area (Å²) in [6, 6.07) is 4.47. The fourth-order valence-corrected chi connectivity index (χ4v) is 2.27. The predicted molar refractivity (Wildman–Crippen MR) is 98.0 cm³/mol. The fraction of sp³-hybridized carbons (Fsp3) is 0.526. The van der Waals surface area contributed by atoms with Gasteiger partial charge in [0.05, 0.1) is 5.56 Å². The van der Waals surface area contributed by atoms with Crippen LogP contribution in [0.3, 0.4) is 0 Å². The van der Waals surface area contributed by atoms with E-state index < -0.39 is 11.7 Å². The molecular weight excluding hydrogens is 291 g/mol. The van der Waals surface area contributed by atoms with Crippen molar-refractivity contribution in [3.05, 3.63) is 48.3 Å². The summed E-state index contributed by atoms with van der Waals surface area (Å²) in [5.41, 5.74) is 10.4. The van der Waals surface area contributed by atoms with Gasteiger partial charge in [0, 0.05) is 0 Å². The molecule has 1 saturated carbocycles. The minimum atomic E-state index is -0.713. The zero-order chi connectivity index (χ0) is 18.1. The molecule has 1 aromatic carbocycles. The average Bonchev–Trinajstić information content (AvgIpc) is 2.62. The number of primary amides is 1. The van der Waals surface area contributed by atoms with Crippen LogP contribution in [0.15, 0.2) is 31.4 Å². The molecule has 1 aliphatic carbocycles. The van der Waals surface area contributed by atoms with E-state index >= 15 is 0 Å². The molecule has 1 fully saturated rings. The molecule has 0 radical (unpaired) electrons. The summed E-state index contributed by atoms with van der Waals surface area (Å²) in [5.74, 6) is -1.26. The Kier molecular flexibility index (Phi) is 17.1. The first kappa shape index (κ1) is 23.6. The van der Waals surface area contributed by atoms with Crippen molar-refractivity contribution < 1.29 is 9.18 Å². The first-order valence-electron chi connectivity index (χ1n) is 8.31. The number of aryl methyl sites for hydroxylation is 1. The quantitative estimate of drug-likeness (QED) is 0.798. The minimum Gasteiger partial charge on any atom is -0.366 e. The summed E-state index contributed by atoms with van der Waals surface area (Å²) in [6.45, 7) is 8.02. The maximum absolute atomic E-state index is 13.0. The highest BCUT2D eigenvalue weighted by Crippen LogP contribution is 2.15. The molecule has 0 aliphatic heterocycles. The van der Waals surface area contributed by atoms with Crippen LogP contribution in [0.5, 0.6) is 0 Å². The SMILES string of the molecule is C1CCCCC1.C=C.CCCc1ccc(F)c(C(N)=O)c1.CN. The van der Waals surface area contributed by atoms with Gasteiger partial charge in [0.25, 0.3) is 5.91 Å². The fourth-order valence-electron chi connectivity index (χ4n) is 2.27. The van der Waals surface area contributed by atoms with Gasteiger partial charge in [-0.1, -0.05) is 57.9 Å². The van der Waals surface area contributed by atoms with Gasteiger partial charge in [-0.3, -0.25) is 4.79 Å². The Morgan fingerprint density at radius 3 is 1.87 bits per heavy atom. The molecule has 0 bridgehead atoms. The highest BCUT2D eigenvalue weighted by Gasteiger charge is 2.07. The van der Waals surface area contributed by atoms with E-state index in [0.717, 1.165) is 18.4 Å². The van der Waals surface area contributed by atoms with E-state index in [-0.39, 0.29) is 5.56 Å². The molecule has 0 heterocycles. The standard InChI is InChI=1S/C10H12FNO.C6H12.C2H4.CH5N/c1-2-3-7-4-5-9(11)8(6-7)10(12)13;1-2-4-6-5-3-1;2*1-2/h4-6H,2-3H2,1H3,(H2,12,13);1-6H2;1-2H2;2H2,1H3. The third-order valence-corrected chi connectivity index (χ3v) is 3.33. The number of rotatable bonds is 3. The zero-order valence-corrected chi connectivity index (χ0v) is 14.7. The third-order valence-electron chi connectivity index (χ3n) is 3.33. The van der Waals surface area contributed by atoms with Crippen molar-refractivity contribution in [1.29, 1.82) is 0 Å². The highest BCUT2D eigenvalue weighted by atomic mass is 19.1. The van der Waals surface area contributed by atoms with Gasteiger partial charge in [0.15, 0.2) is 0 Å². The number of amides is 1. The summed E-state index contributed by atoms with van der Waals surface area (Å²) in [6.07, 6.45) is 10.8. The molecule has 2 rings (SSSR count). The van der Waals surface area contributed by atoms with Crippen LogP contribution in [0.2, 0.25) is 0 Å². The average molecular weight is 324 g/mol. The predicted octanol–water partition coefficient (Wildman–Crippen LogP) is 4.59. The number of carbonyl (C=O) groups excluding carboxylic acids is 1. The Bertz CT molecular complexity index is 406. The lowest BCUT2D eigenvalue weighted by atomic mass is 10.0. The smallest absolute Gasteiger partial charge is 0.251 e. The molecule has 1 aromatic rings. The number of hydrogen-bond acceptors (Lipinski definition) is 2. The van der Waals surface area contributed by atoms with E-state index in [1.54, 1.807) is 6.07 Å². The van der Waals surface area contributed by atoms with E-state index in [1.807, 2.05) is 6.92 Å². The zero-order valence-electron chi connectivity index (χ0n) is 14.7. The Balaban J connectivity index is 0. The first-order chi connectivity index (χ1) is 11.1. The van der Waals surface area contributed by atoms with Crippen molar-refractivity contribution in [1.82, 2.24) is 0 Å². The largest absolute Gasteiger partial charge is 0.366 e. The lowest BCUT2D eigenvalue weighted by molar-refractivity contribution is 0.0996. The maximum atomic E-state index is 13.0. The van der Waals surface area contributed by atoms with Crippen LogP contribution in [-0.4, -0.2) is 13.0 Å². The molecule has 0 atom stereocenters. The molecule has 1 amide bonds. The molecule has 4 heteroatoms. The van der Waals surface area contributed by atoms with E-state index in [9.17, 15) is 9.18 Å². The van der Waals surface area contributed by atoms with Gasteiger partial charge >= 0.3 is 0 Å². The van der Waals surface area contributed by atoms with Crippen LogP contribution >= 0.6 is 0 Å². The topological polar surface area (TPSA) is 69.1 Å². The second-order valence-corrected chi connectivity index (χ2v) is 5.05. The van der Waals surface area contributed by atoms with E-state index in [4.69, 9.17) is 5.73 Å². The third kappa shape index (κ3) is 11.5. The molecule has 4 N–H and O–H groups in total. The van der Waals surface area contributed by atoms with Crippen molar-refractivity contribution in [2.45, 2.75) is 58.3 Å². The van der Waals surface area contributed by atoms with Gasteiger partial charge in [0.2, 0.25) is 0 Å². The summed E-state index contributed by atoms with van der Waals surface area (Å²) in [5, 5.41) is 0. The van der Waals surface area contributed by atoms with Gasteiger partial charge in [-0.25, -0.2) is 4.39 Å². The summed E-state index contributed by atoms with van der Waals surface area (Å²) < 4.78 is 13.0. The van der Waals surface area contributed by atoms with Crippen LogP contribution < -0.4 is 11.5 Å². The lowest BCUT2D eigenvalue weighted by Gasteiger charge is -2.05. The van der Waals surface area contributed by atoms with Crippen molar-refractivity contribution in [2.24, 2.45) is 11.5 Å². The molecule has 0 saturated heterocycles. The molecule has 0 unspecified atom stereocenters. The highest BCUT2D eigenvalue weighted by molar-refractivity contribution is 5.93. The summed E-state index contributed by atoms with van der Waals surface area (Å²) in [7, 11) is 1.50. The molecule has 1 aliphatic rings. The normalized spacial score (nSPS) is 12.3. The molecule has 3 nitrogen and oxygen atoms in total. The van der Waals surface area contributed by atoms with Gasteiger partial charge in [-0.05, 0) is 31.2 Å². The van der Waals surface area contributed by atoms with Crippen LogP contribution in [0.25, 0.3) is 0 Å². The first-order valence-corrected chi connectivity index (χ1v) is 8.31. The Labute approximate surface area is 141 Å². The van der Waals surface area contributed by atoms with E-state index in [2.05, 4.69) is 18.9 Å². The van der Waals surface area contributed by atoms with Gasteiger partial charge in [-0.2, -0.15) is 0 Å². The van der Waals surface area contributed by atoms with Crippen molar-refractivity contribution in [3.8, 4) is 0 Å². The number of hydrogen-bond donors (Lipinski definition) is 2. The second kappa shape index (κ2) is 16.7. The van der Waals surface area contributed by atoms with Crippen molar-refractivity contribution >= 4 is 5.91 Å². The number of benzene rings is 1. The molecule has 0 spiro atoms. The van der Waals surface area contributed by atoms with Gasteiger partial charge in [0.1, 0.15) is 5.82 Å². The van der Waals surface area contributed by atoms with E-state index in [1.165, 1.54) is 57.7 Å². The lowest BCUT2D eigenvalue weighted by Crippen LogP contribution is -2.13. The molecule has 23 heavy (non-hydrogen) atoms.